The van der Waals surface area contributed by atoms with Crippen molar-refractivity contribution in [3.05, 3.63) is 0 Å². The number of hydrogen-bond acceptors (Lipinski definition) is 4. The lowest BCUT2D eigenvalue weighted by atomic mass is 10.2. The molecular weight excluding hydrogens is 238 g/mol. The quantitative estimate of drug-likeness (QED) is 0.560. The molecule has 0 unspecified atom stereocenters. The second kappa shape index (κ2) is 7.05. The van der Waals surface area contributed by atoms with E-state index in [4.69, 9.17) is 20.4 Å². The van der Waals surface area contributed by atoms with Crippen molar-refractivity contribution < 1.29 is 19.4 Å². The van der Waals surface area contributed by atoms with Crippen molar-refractivity contribution in [1.82, 2.24) is 5.32 Å². The molecule has 0 bridgehead atoms. The Morgan fingerprint density at radius 3 is 2.17 bits per heavy atom. The third-order valence-electron chi connectivity index (χ3n) is 2.19. The number of carbonyl (C=O) groups excluding carboxylic acids is 1. The fourth-order valence-corrected chi connectivity index (χ4v) is 1.62. The van der Waals surface area contributed by atoms with Gasteiger partial charge < -0.3 is 26.6 Å². The van der Waals surface area contributed by atoms with Crippen LogP contribution in [0.5, 0.6) is 0 Å². The molecule has 18 heavy (non-hydrogen) atoms. The Hall–Kier alpha value is -1.50. The minimum absolute atomic E-state index is 0.194. The Morgan fingerprint density at radius 2 is 1.83 bits per heavy atom. The van der Waals surface area contributed by atoms with Gasteiger partial charge in [0.2, 0.25) is 0 Å². The molecule has 0 aromatic heterocycles. The molecule has 1 fully saturated rings. The highest BCUT2D eigenvalue weighted by molar-refractivity contribution is 5.68. The predicted octanol–water partition coefficient (Wildman–Crippen LogP) is 1.01. The van der Waals surface area contributed by atoms with Crippen molar-refractivity contribution in [2.24, 2.45) is 11.5 Å². The Morgan fingerprint density at radius 1 is 1.33 bits per heavy atom. The molecule has 6 N–H and O–H groups in total. The summed E-state index contributed by atoms with van der Waals surface area (Å²) < 4.78 is 5.14. The maximum absolute atomic E-state index is 11.3. The summed E-state index contributed by atoms with van der Waals surface area (Å²) in [5, 5.41) is 10.0. The maximum atomic E-state index is 11.3. The minimum atomic E-state index is -1.33. The van der Waals surface area contributed by atoms with Crippen LogP contribution in [0.25, 0.3) is 0 Å². The molecule has 2 atom stereocenters. The zero-order chi connectivity index (χ0) is 14.3. The summed E-state index contributed by atoms with van der Waals surface area (Å²) in [6.07, 6.45) is 1.14. The number of hydrogen-bond donors (Lipinski definition) is 4. The van der Waals surface area contributed by atoms with Gasteiger partial charge in [-0.1, -0.05) is 0 Å². The highest BCUT2D eigenvalue weighted by Gasteiger charge is 2.25. The van der Waals surface area contributed by atoms with Crippen molar-refractivity contribution >= 4 is 12.2 Å². The number of primary amides is 1. The third-order valence-corrected chi connectivity index (χ3v) is 2.19. The van der Waals surface area contributed by atoms with Gasteiger partial charge in [-0.3, -0.25) is 0 Å². The van der Waals surface area contributed by atoms with Gasteiger partial charge in [-0.15, -0.1) is 0 Å². The summed E-state index contributed by atoms with van der Waals surface area (Å²) in [5.41, 5.74) is 9.34. The summed E-state index contributed by atoms with van der Waals surface area (Å²) in [6.45, 7) is 5.56. The lowest BCUT2D eigenvalue weighted by molar-refractivity contribution is 0.0505. The molecule has 0 spiro atoms. The van der Waals surface area contributed by atoms with Crippen LogP contribution in [-0.4, -0.2) is 35.0 Å². The molecule has 7 heteroatoms. The molecule has 7 nitrogen and oxygen atoms in total. The first kappa shape index (κ1) is 16.5. The van der Waals surface area contributed by atoms with Gasteiger partial charge in [0.05, 0.1) is 0 Å². The monoisotopic (exact) mass is 261 g/mol. The second-order valence-corrected chi connectivity index (χ2v) is 5.25. The topological polar surface area (TPSA) is 128 Å². The number of nitrogens with one attached hydrogen (secondary N) is 1. The fourth-order valence-electron chi connectivity index (χ4n) is 1.62. The van der Waals surface area contributed by atoms with Crippen LogP contribution in [-0.2, 0) is 4.74 Å². The molecular formula is C11H23N3O4. The van der Waals surface area contributed by atoms with Crippen LogP contribution >= 0.6 is 0 Å². The van der Waals surface area contributed by atoms with Gasteiger partial charge in [0.1, 0.15) is 5.60 Å². The standard InChI is InChI=1S/C10H20N2O2.CH3NO2/c1-10(2,3)14-9(13)12-8-5-4-7(11)6-8;2-1(3)4/h7-8H,4-6,11H2,1-3H3,(H,12,13);2H2,(H,3,4)/t7-,8+;/m0./s1. The van der Waals surface area contributed by atoms with Crippen LogP contribution in [0.1, 0.15) is 40.0 Å². The van der Waals surface area contributed by atoms with Crippen LogP contribution in [0.15, 0.2) is 0 Å². The van der Waals surface area contributed by atoms with Gasteiger partial charge >= 0.3 is 12.2 Å². The number of amides is 2. The van der Waals surface area contributed by atoms with Gasteiger partial charge in [0.25, 0.3) is 0 Å². The third kappa shape index (κ3) is 9.71. The molecule has 1 aliphatic rings. The number of carboxylic acid groups (broad SMARTS) is 1. The number of ether oxygens (including phenoxy) is 1. The molecule has 0 aromatic rings. The van der Waals surface area contributed by atoms with E-state index in [9.17, 15) is 4.79 Å². The number of alkyl carbamates (subject to hydrolysis) is 1. The Bertz CT molecular complexity index is 285. The highest BCUT2D eigenvalue weighted by atomic mass is 16.6. The second-order valence-electron chi connectivity index (χ2n) is 5.25. The average molecular weight is 261 g/mol. The van der Waals surface area contributed by atoms with Crippen LogP contribution in [0.3, 0.4) is 0 Å². The van der Waals surface area contributed by atoms with Crippen molar-refractivity contribution in [3.8, 4) is 0 Å². The molecule has 1 saturated carbocycles. The fraction of sp³-hybridized carbons (Fsp3) is 0.818. The molecule has 0 aromatic carbocycles. The first-order valence-corrected chi connectivity index (χ1v) is 5.83. The van der Waals surface area contributed by atoms with E-state index in [2.05, 4.69) is 11.1 Å². The molecule has 1 rings (SSSR count). The Kier molecular flexibility index (Phi) is 6.46. The molecule has 2 amide bonds. The molecule has 0 heterocycles. The van der Waals surface area contributed by atoms with Crippen LogP contribution in [0.4, 0.5) is 9.59 Å². The first-order chi connectivity index (χ1) is 8.10. The zero-order valence-electron chi connectivity index (χ0n) is 11.1. The van der Waals surface area contributed by atoms with Crippen LogP contribution in [0.2, 0.25) is 0 Å². The summed E-state index contributed by atoms with van der Waals surface area (Å²) in [7, 11) is 0. The average Bonchev–Trinajstić information content (AvgIpc) is 2.45. The Labute approximate surface area is 107 Å². The van der Waals surface area contributed by atoms with Gasteiger partial charge in [-0.2, -0.15) is 0 Å². The van der Waals surface area contributed by atoms with E-state index in [1.807, 2.05) is 20.8 Å². The van der Waals surface area contributed by atoms with Crippen molar-refractivity contribution in [3.63, 3.8) is 0 Å². The highest BCUT2D eigenvalue weighted by Crippen LogP contribution is 2.17. The van der Waals surface area contributed by atoms with Gasteiger partial charge in [-0.05, 0) is 40.0 Å². The molecule has 106 valence electrons. The lowest BCUT2D eigenvalue weighted by Crippen LogP contribution is -2.38. The van der Waals surface area contributed by atoms with Crippen molar-refractivity contribution in [1.29, 1.82) is 0 Å². The Balaban J connectivity index is 0.000000631. The van der Waals surface area contributed by atoms with E-state index in [1.165, 1.54) is 0 Å². The van der Waals surface area contributed by atoms with Crippen LogP contribution < -0.4 is 16.8 Å². The van der Waals surface area contributed by atoms with E-state index >= 15 is 0 Å². The molecule has 1 aliphatic carbocycles. The number of nitrogens with two attached hydrogens (primary N) is 2. The van der Waals surface area contributed by atoms with E-state index in [0.29, 0.717) is 0 Å². The first-order valence-electron chi connectivity index (χ1n) is 5.83. The number of carbonyl (C=O) groups is 2. The van der Waals surface area contributed by atoms with Gasteiger partial charge in [0, 0.05) is 12.1 Å². The van der Waals surface area contributed by atoms with E-state index in [-0.39, 0.29) is 18.2 Å². The van der Waals surface area contributed by atoms with E-state index in [1.54, 1.807) is 0 Å². The zero-order valence-corrected chi connectivity index (χ0v) is 11.1. The molecule has 0 aliphatic heterocycles. The van der Waals surface area contributed by atoms with E-state index < -0.39 is 11.7 Å². The van der Waals surface area contributed by atoms with Crippen LogP contribution in [0, 0.1) is 0 Å². The largest absolute Gasteiger partial charge is 0.465 e. The van der Waals surface area contributed by atoms with Crippen molar-refractivity contribution in [2.45, 2.75) is 57.7 Å². The molecule has 0 radical (unpaired) electrons. The lowest BCUT2D eigenvalue weighted by Gasteiger charge is -2.21. The van der Waals surface area contributed by atoms with Gasteiger partial charge in [0.15, 0.2) is 0 Å². The number of rotatable bonds is 1. The summed E-state index contributed by atoms with van der Waals surface area (Å²) >= 11 is 0. The maximum Gasteiger partial charge on any atom is 0.407 e. The normalized spacial score (nSPS) is 22.7. The summed E-state index contributed by atoms with van der Waals surface area (Å²) in [4.78, 5) is 20.1. The van der Waals surface area contributed by atoms with Crippen molar-refractivity contribution in [2.75, 3.05) is 0 Å². The molecule has 0 saturated heterocycles. The van der Waals surface area contributed by atoms with E-state index in [0.717, 1.165) is 19.3 Å². The summed E-state index contributed by atoms with van der Waals surface area (Å²) in [6, 6.07) is 0.426. The smallest absolute Gasteiger partial charge is 0.407 e. The van der Waals surface area contributed by atoms with Gasteiger partial charge in [-0.25, -0.2) is 9.59 Å². The minimum Gasteiger partial charge on any atom is -0.465 e. The SMILES string of the molecule is CC(C)(C)OC(=O)N[C@@H]1CC[C@H](N)C1.NC(=O)O. The predicted molar refractivity (Wildman–Crippen MR) is 67.2 cm³/mol. The summed E-state index contributed by atoms with van der Waals surface area (Å²) in [5.74, 6) is 0.